The summed E-state index contributed by atoms with van der Waals surface area (Å²) < 4.78 is 16.7. The van der Waals surface area contributed by atoms with Crippen molar-refractivity contribution < 1.29 is 37.3 Å². The maximum atomic E-state index is 13.8. The van der Waals surface area contributed by atoms with Crippen molar-refractivity contribution in [2.75, 3.05) is 45.4 Å². The third kappa shape index (κ3) is 12.9. The number of benzene rings is 3. The summed E-state index contributed by atoms with van der Waals surface area (Å²) in [7, 11) is 6.52. The topological polar surface area (TPSA) is 247 Å². The van der Waals surface area contributed by atoms with Crippen molar-refractivity contribution >= 4 is 86.1 Å². The largest absolute Gasteiger partial charge is 0.461 e. The molecule has 74 heavy (non-hydrogen) atoms. The van der Waals surface area contributed by atoms with Crippen LogP contribution in [0.4, 0.5) is 11.4 Å². The molecule has 5 aromatic heterocycles. The molecule has 0 aliphatic carbocycles. The highest BCUT2D eigenvalue weighted by molar-refractivity contribution is 7.80. The Hall–Kier alpha value is -9.11. The van der Waals surface area contributed by atoms with Crippen LogP contribution in [0.2, 0.25) is 0 Å². The summed E-state index contributed by atoms with van der Waals surface area (Å²) in [5.41, 5.74) is 4.69. The lowest BCUT2D eigenvalue weighted by Crippen LogP contribution is -2.41. The lowest BCUT2D eigenvalue weighted by Gasteiger charge is -2.22. The number of anilines is 2. The maximum absolute atomic E-state index is 13.8. The van der Waals surface area contributed by atoms with Crippen LogP contribution in [0.25, 0.3) is 33.3 Å². The van der Waals surface area contributed by atoms with Gasteiger partial charge >= 0.3 is 0 Å². The Labute approximate surface area is 430 Å². The van der Waals surface area contributed by atoms with Gasteiger partial charge in [0, 0.05) is 74.8 Å². The molecular weight excluding hydrogens is 965 g/mol. The lowest BCUT2D eigenvalue weighted by atomic mass is 10.1. The zero-order chi connectivity index (χ0) is 52.5. The average molecular weight is 1020 g/mol. The number of pyridine rings is 2. The predicted octanol–water partition coefficient (Wildman–Crippen LogP) is 7.63. The summed E-state index contributed by atoms with van der Waals surface area (Å²) in [6.07, 6.45) is 4.68. The summed E-state index contributed by atoms with van der Waals surface area (Å²) >= 11 is 5.19. The summed E-state index contributed by atoms with van der Waals surface area (Å²) in [5.74, 6) is 0.797. The van der Waals surface area contributed by atoms with E-state index in [-0.39, 0.29) is 52.3 Å². The minimum absolute atomic E-state index is 0.0902. The molecule has 1 atom stereocenters. The van der Waals surface area contributed by atoms with Gasteiger partial charge in [-0.3, -0.25) is 44.6 Å². The van der Waals surface area contributed by atoms with Gasteiger partial charge in [-0.1, -0.05) is 35.5 Å². The quantitative estimate of drug-likeness (QED) is 0.0584. The Morgan fingerprint density at radius 1 is 0.716 bits per heavy atom. The van der Waals surface area contributed by atoms with Crippen LogP contribution >= 0.6 is 12.2 Å². The Morgan fingerprint density at radius 3 is 1.84 bits per heavy atom. The molecule has 0 spiro atoms. The van der Waals surface area contributed by atoms with Gasteiger partial charge in [-0.05, 0) is 118 Å². The highest BCUT2D eigenvalue weighted by atomic mass is 32.1. The Morgan fingerprint density at radius 2 is 1.28 bits per heavy atom. The number of furan rings is 2. The fraction of sp³-hybridized carbons (Fsp3) is 0.226. The van der Waals surface area contributed by atoms with Gasteiger partial charge in [0.05, 0.1) is 11.1 Å². The minimum Gasteiger partial charge on any atom is -0.461 e. The van der Waals surface area contributed by atoms with Gasteiger partial charge in [-0.2, -0.15) is 4.98 Å². The zero-order valence-electron chi connectivity index (χ0n) is 41.3. The molecule has 3 aromatic carbocycles. The number of nitrogens with zero attached hydrogens (tertiary/aromatic N) is 8. The summed E-state index contributed by atoms with van der Waals surface area (Å²) in [6.45, 7) is 4.39. The van der Waals surface area contributed by atoms with Crippen molar-refractivity contribution in [2.24, 2.45) is 4.99 Å². The third-order valence-corrected chi connectivity index (χ3v) is 11.6. The number of guanidine groups is 1. The van der Waals surface area contributed by atoms with E-state index in [4.69, 9.17) is 30.6 Å². The van der Waals surface area contributed by atoms with E-state index in [2.05, 4.69) is 41.4 Å². The molecular formula is C53H52N12O8S. The van der Waals surface area contributed by atoms with Gasteiger partial charge in [-0.25, -0.2) is 4.99 Å². The van der Waals surface area contributed by atoms with Gasteiger partial charge in [0.25, 0.3) is 23.6 Å². The van der Waals surface area contributed by atoms with Crippen LogP contribution in [0.15, 0.2) is 134 Å². The van der Waals surface area contributed by atoms with E-state index in [1.807, 2.05) is 86.6 Å². The van der Waals surface area contributed by atoms with Crippen molar-refractivity contribution in [1.82, 2.24) is 45.4 Å². The van der Waals surface area contributed by atoms with Crippen LogP contribution in [-0.2, 0) is 11.3 Å². The molecule has 20 nitrogen and oxygen atoms in total. The van der Waals surface area contributed by atoms with E-state index in [1.54, 1.807) is 39.2 Å². The third-order valence-electron chi connectivity index (χ3n) is 11.4. The number of thiocarbonyl (C=S) groups is 1. The first-order chi connectivity index (χ1) is 35.6. The molecule has 0 radical (unpaired) electrons. The number of aromatic nitrogens is 4. The first-order valence-corrected chi connectivity index (χ1v) is 23.8. The molecule has 8 aromatic rings. The molecule has 21 heteroatoms. The van der Waals surface area contributed by atoms with Crippen LogP contribution in [0.5, 0.6) is 0 Å². The molecule has 0 bridgehead atoms. The molecule has 0 unspecified atom stereocenters. The number of hydrogen-bond donors (Lipinski definition) is 4. The number of aliphatic imine (C=N–C) groups is 1. The van der Waals surface area contributed by atoms with Crippen LogP contribution in [0, 0.1) is 13.8 Å². The van der Waals surface area contributed by atoms with Crippen molar-refractivity contribution in [2.45, 2.75) is 45.7 Å². The highest BCUT2D eigenvalue weighted by Gasteiger charge is 2.29. The Kier molecular flexibility index (Phi) is 15.9. The van der Waals surface area contributed by atoms with Crippen molar-refractivity contribution in [3.8, 4) is 11.4 Å². The minimum atomic E-state index is -0.782. The Bertz CT molecular complexity index is 3390. The van der Waals surface area contributed by atoms with E-state index in [1.165, 1.54) is 46.5 Å². The van der Waals surface area contributed by atoms with Crippen molar-refractivity contribution in [3.63, 3.8) is 0 Å². The molecule has 5 amide bonds. The molecule has 6 heterocycles. The molecule has 1 aliphatic rings. The van der Waals surface area contributed by atoms with Gasteiger partial charge in [-0.15, -0.1) is 0 Å². The van der Waals surface area contributed by atoms with Crippen LogP contribution in [-0.4, -0.2) is 116 Å². The number of amides is 5. The SMILES string of the molecule is Cc1cc2cc(NC(=N[C@H]3CCCCN(Cc4nc(-c5ccccc5)no4)C3=O)NC(=O)c3ccc(C(=O)N(C)C)nc3)ccc2o1.Cc1cc2cc(NC(=S)NC(=O)c3ccc(C(=O)N(C)C)nc3)ccc2o1. The molecule has 0 saturated carbocycles. The number of rotatable bonds is 10. The van der Waals surface area contributed by atoms with Crippen molar-refractivity contribution in [1.29, 1.82) is 0 Å². The van der Waals surface area contributed by atoms with E-state index in [0.717, 1.165) is 57.6 Å². The van der Waals surface area contributed by atoms with Gasteiger partial charge in [0.2, 0.25) is 23.6 Å². The average Bonchev–Trinajstić information content (AvgIpc) is 4.10. The number of hydrogen-bond acceptors (Lipinski definition) is 14. The fourth-order valence-electron chi connectivity index (χ4n) is 7.73. The van der Waals surface area contributed by atoms with Crippen LogP contribution in [0.3, 0.4) is 0 Å². The number of likely N-dealkylation sites (tertiary alicyclic amines) is 1. The van der Waals surface area contributed by atoms with Gasteiger partial charge < -0.3 is 38.7 Å². The van der Waals surface area contributed by atoms with E-state index in [0.29, 0.717) is 35.9 Å². The monoisotopic (exact) mass is 1020 g/mol. The molecule has 1 fully saturated rings. The van der Waals surface area contributed by atoms with Gasteiger partial charge in [0.1, 0.15) is 46.7 Å². The normalized spacial score (nSPS) is 13.6. The number of fused-ring (bicyclic) bond motifs is 2. The molecule has 1 saturated heterocycles. The molecule has 9 rings (SSSR count). The molecule has 1 aliphatic heterocycles. The fourth-order valence-corrected chi connectivity index (χ4v) is 7.94. The highest BCUT2D eigenvalue weighted by Crippen LogP contribution is 2.25. The summed E-state index contributed by atoms with van der Waals surface area (Å²) in [5, 5.41) is 17.6. The summed E-state index contributed by atoms with van der Waals surface area (Å²) in [6, 6.07) is 29.6. The predicted molar refractivity (Wildman–Crippen MR) is 281 cm³/mol. The van der Waals surface area contributed by atoms with Gasteiger partial charge in [0.15, 0.2) is 5.11 Å². The first kappa shape index (κ1) is 51.3. The van der Waals surface area contributed by atoms with E-state index < -0.39 is 17.9 Å². The number of carbonyl (C=O) groups is 5. The second kappa shape index (κ2) is 23.0. The summed E-state index contributed by atoms with van der Waals surface area (Å²) in [4.78, 5) is 85.5. The van der Waals surface area contributed by atoms with Crippen molar-refractivity contribution in [3.05, 3.63) is 155 Å². The number of nitrogens with one attached hydrogen (secondary N) is 4. The lowest BCUT2D eigenvalue weighted by molar-refractivity contribution is -0.132. The second-order valence-corrected chi connectivity index (χ2v) is 18.0. The van der Waals surface area contributed by atoms with E-state index in [9.17, 15) is 24.0 Å². The van der Waals surface area contributed by atoms with E-state index >= 15 is 0 Å². The zero-order valence-corrected chi connectivity index (χ0v) is 42.2. The Balaban J connectivity index is 0.000000229. The second-order valence-electron chi connectivity index (χ2n) is 17.6. The maximum Gasteiger partial charge on any atom is 0.271 e. The standard InChI is InChI=1S/C34H34N8O5.C19H18N4O3S/c1-21-17-24-18-25(13-15-28(24)46-21)36-34(39-31(43)23-12-14-26(35-19-23)32(44)41(2)3)37-27-11-7-8-16-42(33(27)45)20-29-38-30(40-47-29)22-9-5-4-6-10-22;1-11-8-13-9-14(5-7-16(13)26-11)21-19(27)22-17(24)12-4-6-15(20-10-12)18(25)23(2)3/h4-6,9-10,12-15,17-19,27H,7-8,11,16,20H2,1-3H3,(H2,36,37,39,43);4-10H,1-3H3,(H2,21,22,24,27)/t27-;/m0./s1. The number of carbonyl (C=O) groups excluding carboxylic acids is 5. The smallest absolute Gasteiger partial charge is 0.271 e. The number of aryl methyl sites for hydroxylation is 2. The van der Waals surface area contributed by atoms with Crippen LogP contribution < -0.4 is 21.3 Å². The molecule has 4 N–H and O–H groups in total. The first-order valence-electron chi connectivity index (χ1n) is 23.4. The van der Waals surface area contributed by atoms with Crippen LogP contribution in [0.1, 0.15) is 78.4 Å². The molecule has 378 valence electrons.